The van der Waals surface area contributed by atoms with E-state index in [9.17, 15) is 0 Å². The second-order valence-corrected chi connectivity index (χ2v) is 6.96. The summed E-state index contributed by atoms with van der Waals surface area (Å²) in [5.41, 5.74) is 1.22. The van der Waals surface area contributed by atoms with Gasteiger partial charge in [0.1, 0.15) is 5.82 Å². The Balaban J connectivity index is 1.22. The van der Waals surface area contributed by atoms with Crippen molar-refractivity contribution >= 4 is 17.6 Å². The fourth-order valence-electron chi connectivity index (χ4n) is 3.70. The predicted octanol–water partition coefficient (Wildman–Crippen LogP) is 1.98. The van der Waals surface area contributed by atoms with Crippen LogP contribution in [0.1, 0.15) is 37.3 Å². The summed E-state index contributed by atoms with van der Waals surface area (Å²) in [7, 11) is 0. The maximum atomic E-state index is 4.53. The highest BCUT2D eigenvalue weighted by Crippen LogP contribution is 2.39. The average molecular weight is 311 g/mol. The largest absolute Gasteiger partial charge is 0.354 e. The quantitative estimate of drug-likeness (QED) is 0.652. The summed E-state index contributed by atoms with van der Waals surface area (Å²) < 4.78 is 0. The first-order valence-electron chi connectivity index (χ1n) is 8.49. The van der Waals surface area contributed by atoms with Crippen molar-refractivity contribution in [2.75, 3.05) is 17.2 Å². The van der Waals surface area contributed by atoms with Crippen LogP contribution in [-0.2, 0) is 0 Å². The van der Waals surface area contributed by atoms with Crippen molar-refractivity contribution in [1.29, 1.82) is 0 Å². The number of nitrogens with one attached hydrogen (secondary N) is 4. The van der Waals surface area contributed by atoms with Crippen molar-refractivity contribution in [3.63, 3.8) is 0 Å². The van der Waals surface area contributed by atoms with E-state index in [-0.39, 0.29) is 0 Å². The van der Waals surface area contributed by atoms with Crippen molar-refractivity contribution in [2.45, 2.75) is 43.7 Å². The predicted molar refractivity (Wildman–Crippen MR) is 87.8 cm³/mol. The zero-order chi connectivity index (χ0) is 15.2. The molecule has 2 aliphatic heterocycles. The summed E-state index contributed by atoms with van der Waals surface area (Å²) in [5, 5.41) is 17.6. The van der Waals surface area contributed by atoms with Gasteiger partial charge in [-0.2, -0.15) is 10.1 Å². The van der Waals surface area contributed by atoms with Crippen LogP contribution >= 0.6 is 0 Å². The van der Waals surface area contributed by atoms with E-state index in [1.54, 1.807) is 6.20 Å². The van der Waals surface area contributed by atoms with Gasteiger partial charge in [0.15, 0.2) is 5.82 Å². The van der Waals surface area contributed by atoms with E-state index in [1.165, 1.54) is 31.4 Å². The molecule has 120 valence electrons. The first-order valence-corrected chi connectivity index (χ1v) is 8.49. The van der Waals surface area contributed by atoms with Gasteiger partial charge in [-0.1, -0.05) is 0 Å². The maximum absolute atomic E-state index is 4.53. The fraction of sp³-hybridized carbons (Fsp3) is 0.562. The lowest BCUT2D eigenvalue weighted by Crippen LogP contribution is -2.45. The van der Waals surface area contributed by atoms with E-state index >= 15 is 0 Å². The Hall–Kier alpha value is -2.15. The van der Waals surface area contributed by atoms with Gasteiger partial charge in [-0.05, 0) is 37.7 Å². The van der Waals surface area contributed by atoms with Crippen molar-refractivity contribution in [2.24, 2.45) is 5.92 Å². The molecule has 2 bridgehead atoms. The lowest BCUT2D eigenvalue weighted by molar-refractivity contribution is 0.343. The van der Waals surface area contributed by atoms with Crippen molar-refractivity contribution in [3.8, 4) is 0 Å². The first kappa shape index (κ1) is 13.3. The van der Waals surface area contributed by atoms with E-state index in [2.05, 4.69) is 42.2 Å². The SMILES string of the molecule is c1cc(Nc2cc(C3CC3)[nH]n2)nc(NCC2CC3CC2N3)n1. The minimum atomic E-state index is 0.673. The van der Waals surface area contributed by atoms with Crippen LogP contribution in [0.15, 0.2) is 18.3 Å². The van der Waals surface area contributed by atoms with E-state index in [0.717, 1.165) is 24.2 Å². The van der Waals surface area contributed by atoms with Crippen LogP contribution in [0, 0.1) is 5.92 Å². The van der Waals surface area contributed by atoms with Crippen molar-refractivity contribution in [3.05, 3.63) is 24.0 Å². The number of nitrogens with zero attached hydrogens (tertiary/aromatic N) is 3. The molecule has 2 aromatic heterocycles. The van der Waals surface area contributed by atoms with Gasteiger partial charge in [-0.3, -0.25) is 5.10 Å². The summed E-state index contributed by atoms with van der Waals surface area (Å²) in [4.78, 5) is 8.84. The Morgan fingerprint density at radius 2 is 2.13 bits per heavy atom. The third-order valence-corrected chi connectivity index (χ3v) is 5.19. The minimum Gasteiger partial charge on any atom is -0.354 e. The van der Waals surface area contributed by atoms with Crippen LogP contribution in [0.3, 0.4) is 0 Å². The molecule has 2 aliphatic carbocycles. The molecule has 6 rings (SSSR count). The van der Waals surface area contributed by atoms with Crippen LogP contribution in [0.25, 0.3) is 0 Å². The van der Waals surface area contributed by atoms with Crippen LogP contribution in [0.2, 0.25) is 0 Å². The Morgan fingerprint density at radius 3 is 2.91 bits per heavy atom. The molecule has 0 radical (unpaired) electrons. The molecule has 2 saturated heterocycles. The Morgan fingerprint density at radius 1 is 1.22 bits per heavy atom. The molecule has 2 aromatic rings. The van der Waals surface area contributed by atoms with Crippen LogP contribution < -0.4 is 16.0 Å². The van der Waals surface area contributed by atoms with Crippen molar-refractivity contribution in [1.82, 2.24) is 25.5 Å². The molecule has 2 saturated carbocycles. The van der Waals surface area contributed by atoms with Crippen LogP contribution in [0.4, 0.5) is 17.6 Å². The molecule has 0 aromatic carbocycles. The maximum Gasteiger partial charge on any atom is 0.224 e. The number of anilines is 3. The minimum absolute atomic E-state index is 0.673. The number of rotatable bonds is 6. The molecule has 7 heteroatoms. The molecule has 4 fully saturated rings. The van der Waals surface area contributed by atoms with Gasteiger partial charge in [0.05, 0.1) is 0 Å². The fourth-order valence-corrected chi connectivity index (χ4v) is 3.70. The van der Waals surface area contributed by atoms with E-state index in [4.69, 9.17) is 0 Å². The molecular formula is C16H21N7. The third-order valence-electron chi connectivity index (χ3n) is 5.19. The van der Waals surface area contributed by atoms with Gasteiger partial charge in [0, 0.05) is 42.5 Å². The van der Waals surface area contributed by atoms with Gasteiger partial charge >= 0.3 is 0 Å². The molecule has 0 amide bonds. The number of aromatic amines is 1. The zero-order valence-corrected chi connectivity index (χ0v) is 12.9. The molecule has 4 heterocycles. The topological polar surface area (TPSA) is 90.5 Å². The first-order chi connectivity index (χ1) is 11.3. The van der Waals surface area contributed by atoms with Gasteiger partial charge in [0.25, 0.3) is 0 Å². The van der Waals surface area contributed by atoms with Gasteiger partial charge in [0.2, 0.25) is 5.95 Å². The highest BCUT2D eigenvalue weighted by Gasteiger charge is 2.43. The number of hydrogen-bond acceptors (Lipinski definition) is 6. The number of fused-ring (bicyclic) bond motifs is 1. The highest BCUT2D eigenvalue weighted by atomic mass is 15.2. The van der Waals surface area contributed by atoms with E-state index < -0.39 is 0 Å². The second kappa shape index (κ2) is 5.19. The highest BCUT2D eigenvalue weighted by molar-refractivity contribution is 5.53. The van der Waals surface area contributed by atoms with E-state index in [1.807, 2.05) is 6.07 Å². The van der Waals surface area contributed by atoms with Gasteiger partial charge in [-0.15, -0.1) is 0 Å². The molecule has 3 atom stereocenters. The summed E-state index contributed by atoms with van der Waals surface area (Å²) >= 11 is 0. The standard InChI is InChI=1S/C16H21N7/c1-2-9(1)13-7-15(23-22-13)20-14-3-4-17-16(21-14)18-8-10-5-11-6-12(10)19-11/h3-4,7,9-12,19H,1-2,5-6,8H2,(H3,17,18,20,21,22,23). The number of H-pyrrole nitrogens is 1. The van der Waals surface area contributed by atoms with E-state index in [0.29, 0.717) is 23.8 Å². The molecular weight excluding hydrogens is 290 g/mol. The Bertz CT molecular complexity index is 702. The summed E-state index contributed by atoms with van der Waals surface area (Å²) in [5.74, 6) is 3.64. The summed E-state index contributed by atoms with van der Waals surface area (Å²) in [6.45, 7) is 0.936. The number of aromatic nitrogens is 4. The molecule has 4 N–H and O–H groups in total. The second-order valence-electron chi connectivity index (χ2n) is 6.96. The lowest BCUT2D eigenvalue weighted by Gasteiger charge is -2.27. The molecule has 7 nitrogen and oxygen atoms in total. The molecule has 23 heavy (non-hydrogen) atoms. The normalized spacial score (nSPS) is 28.4. The lowest BCUT2D eigenvalue weighted by atomic mass is 10.0. The number of hydrogen-bond donors (Lipinski definition) is 4. The smallest absolute Gasteiger partial charge is 0.224 e. The molecule has 0 spiro atoms. The molecule has 4 aliphatic rings. The summed E-state index contributed by atoms with van der Waals surface area (Å²) in [6.07, 6.45) is 6.91. The third kappa shape index (κ3) is 2.65. The van der Waals surface area contributed by atoms with Crippen LogP contribution in [0.5, 0.6) is 0 Å². The summed E-state index contributed by atoms with van der Waals surface area (Å²) in [6, 6.07) is 5.38. The van der Waals surface area contributed by atoms with Gasteiger partial charge in [-0.25, -0.2) is 4.98 Å². The Kier molecular flexibility index (Phi) is 3.00. The monoisotopic (exact) mass is 311 g/mol. The van der Waals surface area contributed by atoms with Crippen LogP contribution in [-0.4, -0.2) is 38.8 Å². The van der Waals surface area contributed by atoms with Crippen molar-refractivity contribution < 1.29 is 0 Å². The van der Waals surface area contributed by atoms with Gasteiger partial charge < -0.3 is 16.0 Å². The zero-order valence-electron chi connectivity index (χ0n) is 12.9. The Labute approximate surface area is 134 Å². The average Bonchev–Trinajstić information content (AvgIpc) is 2.96. The molecule has 3 unspecified atom stereocenters.